The van der Waals surface area contributed by atoms with Gasteiger partial charge in [0.05, 0.1) is 6.61 Å². The average molecular weight is 195 g/mol. The number of nitrogens with zero attached hydrogens (tertiary/aromatic N) is 1. The quantitative estimate of drug-likeness (QED) is 0.795. The van der Waals surface area contributed by atoms with Crippen LogP contribution in [-0.2, 0) is 6.42 Å². The number of rotatable bonds is 4. The summed E-state index contributed by atoms with van der Waals surface area (Å²) in [6.45, 7) is 4.11. The van der Waals surface area contributed by atoms with Gasteiger partial charge in [0, 0.05) is 6.20 Å². The molecular weight excluding hydrogens is 182 g/mol. The Hall–Kier alpha value is -1.58. The van der Waals surface area contributed by atoms with Crippen LogP contribution in [0.4, 0.5) is 0 Å². The zero-order chi connectivity index (χ0) is 10.6. The lowest BCUT2D eigenvalue weighted by molar-refractivity contribution is 0.0690. The van der Waals surface area contributed by atoms with Crippen molar-refractivity contribution in [2.24, 2.45) is 0 Å². The molecule has 0 aromatic carbocycles. The molecule has 0 fully saturated rings. The van der Waals surface area contributed by atoms with Crippen LogP contribution in [0.3, 0.4) is 0 Å². The summed E-state index contributed by atoms with van der Waals surface area (Å²) in [5.74, 6) is -0.780. The Morgan fingerprint density at radius 2 is 2.29 bits per heavy atom. The van der Waals surface area contributed by atoms with E-state index in [0.29, 0.717) is 13.0 Å². The Morgan fingerprint density at radius 1 is 1.57 bits per heavy atom. The predicted molar refractivity (Wildman–Crippen MR) is 51.7 cm³/mol. The second-order valence-corrected chi connectivity index (χ2v) is 2.74. The molecule has 0 bridgehead atoms. The molecule has 0 aliphatic rings. The molecule has 0 aliphatic heterocycles. The monoisotopic (exact) mass is 195 g/mol. The Labute approximate surface area is 82.5 Å². The number of hydrogen-bond donors (Lipinski definition) is 1. The van der Waals surface area contributed by atoms with Gasteiger partial charge in [-0.15, -0.1) is 0 Å². The summed E-state index contributed by atoms with van der Waals surface area (Å²) >= 11 is 0. The molecule has 1 heterocycles. The fourth-order valence-electron chi connectivity index (χ4n) is 1.25. The van der Waals surface area contributed by atoms with Crippen molar-refractivity contribution < 1.29 is 14.6 Å². The minimum Gasteiger partial charge on any atom is -0.477 e. The summed E-state index contributed by atoms with van der Waals surface area (Å²) in [5, 5.41) is 8.98. The van der Waals surface area contributed by atoms with Crippen LogP contribution < -0.4 is 4.74 Å². The maximum atomic E-state index is 11.0. The topological polar surface area (TPSA) is 59.4 Å². The molecule has 14 heavy (non-hydrogen) atoms. The van der Waals surface area contributed by atoms with Gasteiger partial charge in [-0.25, -0.2) is 9.78 Å². The van der Waals surface area contributed by atoms with E-state index in [-0.39, 0.29) is 11.4 Å². The first kappa shape index (κ1) is 10.5. The van der Waals surface area contributed by atoms with Gasteiger partial charge in [-0.05, 0) is 25.0 Å². The number of carbonyl (C=O) groups is 1. The second-order valence-electron chi connectivity index (χ2n) is 2.74. The smallest absolute Gasteiger partial charge is 0.341 e. The number of carboxylic acids is 1. The summed E-state index contributed by atoms with van der Waals surface area (Å²) in [4.78, 5) is 14.9. The van der Waals surface area contributed by atoms with Crippen LogP contribution in [0.25, 0.3) is 0 Å². The molecule has 0 unspecified atom stereocenters. The van der Waals surface area contributed by atoms with Crippen molar-refractivity contribution in [1.82, 2.24) is 4.98 Å². The van der Waals surface area contributed by atoms with E-state index in [0.717, 1.165) is 5.56 Å². The van der Waals surface area contributed by atoms with Gasteiger partial charge in [0.1, 0.15) is 5.56 Å². The summed E-state index contributed by atoms with van der Waals surface area (Å²) in [5.41, 5.74) is 0.924. The van der Waals surface area contributed by atoms with Gasteiger partial charge >= 0.3 is 5.97 Å². The van der Waals surface area contributed by atoms with Gasteiger partial charge < -0.3 is 9.84 Å². The van der Waals surface area contributed by atoms with E-state index in [1.165, 1.54) is 0 Å². The first-order valence-electron chi connectivity index (χ1n) is 4.54. The SMILES string of the molecule is CCOc1nccc(CC)c1C(=O)O. The fraction of sp³-hybridized carbons (Fsp3) is 0.400. The molecule has 76 valence electrons. The Kier molecular flexibility index (Phi) is 3.45. The van der Waals surface area contributed by atoms with Crippen LogP contribution in [0, 0.1) is 0 Å². The first-order valence-corrected chi connectivity index (χ1v) is 4.54. The maximum Gasteiger partial charge on any atom is 0.341 e. The van der Waals surface area contributed by atoms with E-state index in [9.17, 15) is 4.79 Å². The summed E-state index contributed by atoms with van der Waals surface area (Å²) < 4.78 is 5.15. The largest absolute Gasteiger partial charge is 0.477 e. The van der Waals surface area contributed by atoms with Gasteiger partial charge in [-0.1, -0.05) is 6.92 Å². The Balaban J connectivity index is 3.20. The molecule has 1 aromatic rings. The van der Waals surface area contributed by atoms with Gasteiger partial charge in [-0.3, -0.25) is 0 Å². The highest BCUT2D eigenvalue weighted by molar-refractivity contribution is 5.91. The van der Waals surface area contributed by atoms with Crippen molar-refractivity contribution in [3.05, 3.63) is 23.4 Å². The molecule has 1 N–H and O–H groups in total. The maximum absolute atomic E-state index is 11.0. The summed E-state index contributed by atoms with van der Waals surface area (Å²) in [6, 6.07) is 1.70. The second kappa shape index (κ2) is 4.60. The molecule has 0 atom stereocenters. The van der Waals surface area contributed by atoms with Crippen molar-refractivity contribution in [1.29, 1.82) is 0 Å². The molecule has 1 aromatic heterocycles. The lowest BCUT2D eigenvalue weighted by Gasteiger charge is -2.08. The number of carboxylic acid groups (broad SMARTS) is 1. The molecule has 1 rings (SSSR count). The lowest BCUT2D eigenvalue weighted by Crippen LogP contribution is -2.08. The van der Waals surface area contributed by atoms with Crippen LogP contribution >= 0.6 is 0 Å². The van der Waals surface area contributed by atoms with Crippen molar-refractivity contribution in [2.45, 2.75) is 20.3 Å². The zero-order valence-electron chi connectivity index (χ0n) is 8.28. The van der Waals surface area contributed by atoms with E-state index < -0.39 is 5.97 Å². The predicted octanol–water partition coefficient (Wildman–Crippen LogP) is 1.74. The number of hydrogen-bond acceptors (Lipinski definition) is 3. The van der Waals surface area contributed by atoms with Gasteiger partial charge in [-0.2, -0.15) is 0 Å². The molecule has 0 spiro atoms. The van der Waals surface area contributed by atoms with Crippen molar-refractivity contribution >= 4 is 5.97 Å². The van der Waals surface area contributed by atoms with Crippen molar-refractivity contribution in [2.75, 3.05) is 6.61 Å². The molecule has 0 saturated carbocycles. The number of ether oxygens (including phenoxy) is 1. The van der Waals surface area contributed by atoms with Crippen LogP contribution in [0.15, 0.2) is 12.3 Å². The van der Waals surface area contributed by atoms with E-state index >= 15 is 0 Å². The van der Waals surface area contributed by atoms with E-state index in [1.807, 2.05) is 6.92 Å². The third-order valence-electron chi connectivity index (χ3n) is 1.88. The molecule has 0 aliphatic carbocycles. The van der Waals surface area contributed by atoms with Crippen LogP contribution in [-0.4, -0.2) is 22.7 Å². The molecule has 4 nitrogen and oxygen atoms in total. The van der Waals surface area contributed by atoms with Crippen LogP contribution in [0.1, 0.15) is 29.8 Å². The van der Waals surface area contributed by atoms with E-state index in [2.05, 4.69) is 4.98 Å². The molecule has 0 saturated heterocycles. The number of pyridine rings is 1. The molecular formula is C10H13NO3. The normalized spacial score (nSPS) is 9.86. The Morgan fingerprint density at radius 3 is 2.79 bits per heavy atom. The number of aromatic nitrogens is 1. The lowest BCUT2D eigenvalue weighted by atomic mass is 10.1. The van der Waals surface area contributed by atoms with Crippen LogP contribution in [0.5, 0.6) is 5.88 Å². The van der Waals surface area contributed by atoms with Gasteiger partial charge in [0.15, 0.2) is 0 Å². The van der Waals surface area contributed by atoms with E-state index in [1.54, 1.807) is 19.2 Å². The third-order valence-corrected chi connectivity index (χ3v) is 1.88. The van der Waals surface area contributed by atoms with Crippen molar-refractivity contribution in [3.8, 4) is 5.88 Å². The van der Waals surface area contributed by atoms with Gasteiger partial charge in [0.25, 0.3) is 0 Å². The van der Waals surface area contributed by atoms with Gasteiger partial charge in [0.2, 0.25) is 5.88 Å². The zero-order valence-corrected chi connectivity index (χ0v) is 8.28. The highest BCUT2D eigenvalue weighted by Crippen LogP contribution is 2.19. The number of aryl methyl sites for hydroxylation is 1. The molecule has 0 radical (unpaired) electrons. The van der Waals surface area contributed by atoms with Crippen LogP contribution in [0.2, 0.25) is 0 Å². The Bertz CT molecular complexity index is 336. The first-order chi connectivity index (χ1) is 6.70. The highest BCUT2D eigenvalue weighted by Gasteiger charge is 2.16. The average Bonchev–Trinajstić information content (AvgIpc) is 2.17. The standard InChI is InChI=1S/C10H13NO3/c1-3-7-5-6-11-9(14-4-2)8(7)10(12)13/h5-6H,3-4H2,1-2H3,(H,12,13). The minimum absolute atomic E-state index is 0.178. The minimum atomic E-state index is -0.988. The summed E-state index contributed by atoms with van der Waals surface area (Å²) in [6.07, 6.45) is 2.22. The third kappa shape index (κ3) is 2.02. The molecule has 4 heteroatoms. The summed E-state index contributed by atoms with van der Waals surface area (Å²) in [7, 11) is 0. The highest BCUT2D eigenvalue weighted by atomic mass is 16.5. The molecule has 0 amide bonds. The fourth-order valence-corrected chi connectivity index (χ4v) is 1.25. The number of aromatic carboxylic acids is 1. The van der Waals surface area contributed by atoms with Crippen molar-refractivity contribution in [3.63, 3.8) is 0 Å². The van der Waals surface area contributed by atoms with E-state index in [4.69, 9.17) is 9.84 Å².